The molecule has 0 aliphatic carbocycles. The molecule has 0 bridgehead atoms. The molecule has 1 fully saturated rings. The van der Waals surface area contributed by atoms with Crippen LogP contribution in [0, 0.1) is 0 Å². The van der Waals surface area contributed by atoms with E-state index in [0.717, 1.165) is 44.6 Å². The van der Waals surface area contributed by atoms with Gasteiger partial charge in [0.15, 0.2) is 0 Å². The van der Waals surface area contributed by atoms with Gasteiger partial charge >= 0.3 is 0 Å². The van der Waals surface area contributed by atoms with Crippen molar-refractivity contribution in [2.24, 2.45) is 0 Å². The molecule has 0 aromatic carbocycles. The minimum atomic E-state index is 0.232. The maximum Gasteiger partial charge on any atom is 0.249 e. The van der Waals surface area contributed by atoms with Crippen LogP contribution in [0.5, 0.6) is 0 Å². The molecule has 0 saturated carbocycles. The largest absolute Gasteiger partial charge is 0.339 e. The number of hydrogen-bond acceptors (Lipinski definition) is 2. The summed E-state index contributed by atoms with van der Waals surface area (Å²) < 4.78 is 0. The highest BCUT2D eigenvalue weighted by molar-refractivity contribution is 5.94. The summed E-state index contributed by atoms with van der Waals surface area (Å²) in [6.45, 7) is 9.73. The highest BCUT2D eigenvalue weighted by Gasteiger charge is 2.19. The Morgan fingerprint density at radius 2 is 1.80 bits per heavy atom. The van der Waals surface area contributed by atoms with E-state index in [0.29, 0.717) is 0 Å². The molecule has 0 unspecified atom stereocenters. The molecule has 3 nitrogen and oxygen atoms in total. The second-order valence-corrected chi connectivity index (χ2v) is 4.12. The van der Waals surface area contributed by atoms with Gasteiger partial charge in [-0.2, -0.15) is 0 Å². The van der Waals surface area contributed by atoms with Crippen LogP contribution in [0.2, 0.25) is 0 Å². The van der Waals surface area contributed by atoms with Crippen molar-refractivity contribution in [1.29, 1.82) is 0 Å². The average Bonchev–Trinajstić information content (AvgIpc) is 2.13. The van der Waals surface area contributed by atoms with E-state index in [9.17, 15) is 4.79 Å². The van der Waals surface area contributed by atoms with Gasteiger partial charge in [0.2, 0.25) is 5.91 Å². The number of carbonyl (C=O) groups is 1. The van der Waals surface area contributed by atoms with Crippen LogP contribution in [-0.2, 0) is 4.79 Å². The summed E-state index contributed by atoms with van der Waals surface area (Å²) in [4.78, 5) is 14.1. The molecular formula is C12H22N2O. The summed E-state index contributed by atoms with van der Waals surface area (Å²) in [6.07, 6.45) is 2.07. The quantitative estimate of drug-likeness (QED) is 0.698. The second-order valence-electron chi connectivity index (χ2n) is 4.12. The molecule has 1 aliphatic heterocycles. The summed E-state index contributed by atoms with van der Waals surface area (Å²) in [6, 6.07) is 0. The van der Waals surface area contributed by atoms with Gasteiger partial charge in [0.25, 0.3) is 0 Å². The Labute approximate surface area is 92.5 Å². The van der Waals surface area contributed by atoms with Crippen molar-refractivity contribution in [2.75, 3.05) is 26.2 Å². The molecule has 0 aromatic heterocycles. The van der Waals surface area contributed by atoms with Crippen LogP contribution >= 0.6 is 0 Å². The monoisotopic (exact) mass is 210 g/mol. The van der Waals surface area contributed by atoms with E-state index in [1.165, 1.54) is 5.57 Å². The van der Waals surface area contributed by atoms with E-state index in [1.54, 1.807) is 0 Å². The van der Waals surface area contributed by atoms with Crippen molar-refractivity contribution >= 4 is 5.91 Å². The summed E-state index contributed by atoms with van der Waals surface area (Å²) in [5, 5.41) is 3.17. The van der Waals surface area contributed by atoms with Crippen molar-refractivity contribution in [3.8, 4) is 0 Å². The standard InChI is InChI=1S/C12H22N2O/c1-4-6-14(7-5-2)12(15)10(3)11-8-13-9-11/h13H,4-9H2,1-3H3. The fourth-order valence-corrected chi connectivity index (χ4v) is 1.76. The van der Waals surface area contributed by atoms with Crippen molar-refractivity contribution in [1.82, 2.24) is 10.2 Å². The van der Waals surface area contributed by atoms with Gasteiger partial charge in [0.05, 0.1) is 0 Å². The topological polar surface area (TPSA) is 32.3 Å². The predicted molar refractivity (Wildman–Crippen MR) is 62.7 cm³/mol. The SMILES string of the molecule is CCCN(CCC)C(=O)C(C)=C1CNC1. The van der Waals surface area contributed by atoms with Gasteiger partial charge in [-0.25, -0.2) is 0 Å². The summed E-state index contributed by atoms with van der Waals surface area (Å²) in [5.41, 5.74) is 2.23. The summed E-state index contributed by atoms with van der Waals surface area (Å²) in [7, 11) is 0. The van der Waals surface area contributed by atoms with E-state index in [-0.39, 0.29) is 5.91 Å². The molecule has 1 amide bonds. The Kier molecular flexibility index (Phi) is 4.82. The lowest BCUT2D eigenvalue weighted by Crippen LogP contribution is -2.39. The molecule has 0 atom stereocenters. The number of nitrogens with one attached hydrogen (secondary N) is 1. The Bertz CT molecular complexity index is 246. The maximum atomic E-state index is 12.1. The minimum Gasteiger partial charge on any atom is -0.339 e. The molecule has 1 rings (SSSR count). The molecule has 0 aromatic rings. The van der Waals surface area contributed by atoms with Gasteiger partial charge in [-0.15, -0.1) is 0 Å². The van der Waals surface area contributed by atoms with Crippen LogP contribution in [-0.4, -0.2) is 37.0 Å². The first kappa shape index (κ1) is 12.2. The van der Waals surface area contributed by atoms with Crippen LogP contribution in [0.15, 0.2) is 11.1 Å². The Morgan fingerprint density at radius 1 is 1.27 bits per heavy atom. The molecule has 15 heavy (non-hydrogen) atoms. The van der Waals surface area contributed by atoms with Crippen molar-refractivity contribution < 1.29 is 4.79 Å². The molecule has 1 saturated heterocycles. The van der Waals surface area contributed by atoms with Gasteiger partial charge in [0.1, 0.15) is 0 Å². The summed E-state index contributed by atoms with van der Waals surface area (Å²) in [5.74, 6) is 0.232. The first-order valence-electron chi connectivity index (χ1n) is 5.89. The number of amides is 1. The van der Waals surface area contributed by atoms with Crippen LogP contribution in [0.25, 0.3) is 0 Å². The molecule has 1 heterocycles. The minimum absolute atomic E-state index is 0.232. The number of hydrogen-bond donors (Lipinski definition) is 1. The van der Waals surface area contributed by atoms with Gasteiger partial charge in [-0.05, 0) is 25.3 Å². The highest BCUT2D eigenvalue weighted by Crippen LogP contribution is 2.12. The van der Waals surface area contributed by atoms with Crippen molar-refractivity contribution in [3.63, 3.8) is 0 Å². The maximum absolute atomic E-state index is 12.1. The third-order valence-electron chi connectivity index (χ3n) is 2.80. The molecule has 0 radical (unpaired) electrons. The van der Waals surface area contributed by atoms with Crippen molar-refractivity contribution in [3.05, 3.63) is 11.1 Å². The first-order chi connectivity index (χ1) is 7.20. The van der Waals surface area contributed by atoms with E-state index >= 15 is 0 Å². The lowest BCUT2D eigenvalue weighted by atomic mass is 10.0. The number of rotatable bonds is 5. The Balaban J connectivity index is 2.62. The lowest BCUT2D eigenvalue weighted by Gasteiger charge is -2.26. The van der Waals surface area contributed by atoms with Crippen molar-refractivity contribution in [2.45, 2.75) is 33.6 Å². The normalized spacial score (nSPS) is 14.7. The average molecular weight is 210 g/mol. The van der Waals surface area contributed by atoms with Crippen LogP contribution < -0.4 is 5.32 Å². The number of nitrogens with zero attached hydrogens (tertiary/aromatic N) is 1. The van der Waals surface area contributed by atoms with Crippen LogP contribution in [0.3, 0.4) is 0 Å². The Hall–Kier alpha value is -0.830. The van der Waals surface area contributed by atoms with Gasteiger partial charge in [-0.1, -0.05) is 13.8 Å². The zero-order valence-electron chi connectivity index (χ0n) is 10.1. The molecule has 0 spiro atoms. The molecule has 86 valence electrons. The molecule has 1 aliphatic rings. The first-order valence-corrected chi connectivity index (χ1v) is 5.89. The van der Waals surface area contributed by atoms with Gasteiger partial charge < -0.3 is 10.2 Å². The second kappa shape index (κ2) is 5.91. The fraction of sp³-hybridized carbons (Fsp3) is 0.750. The van der Waals surface area contributed by atoms with Crippen LogP contribution in [0.4, 0.5) is 0 Å². The van der Waals surface area contributed by atoms with Crippen LogP contribution in [0.1, 0.15) is 33.6 Å². The summed E-state index contributed by atoms with van der Waals surface area (Å²) >= 11 is 0. The van der Waals surface area contributed by atoms with Gasteiger partial charge in [-0.3, -0.25) is 4.79 Å². The van der Waals surface area contributed by atoms with E-state index in [1.807, 2.05) is 11.8 Å². The fourth-order valence-electron chi connectivity index (χ4n) is 1.76. The molecular weight excluding hydrogens is 188 g/mol. The van der Waals surface area contributed by atoms with E-state index in [2.05, 4.69) is 19.2 Å². The highest BCUT2D eigenvalue weighted by atomic mass is 16.2. The zero-order chi connectivity index (χ0) is 11.3. The molecule has 1 N–H and O–H groups in total. The zero-order valence-corrected chi connectivity index (χ0v) is 10.1. The number of carbonyl (C=O) groups excluding carboxylic acids is 1. The predicted octanol–water partition coefficient (Wildman–Crippen LogP) is 1.55. The van der Waals surface area contributed by atoms with E-state index < -0.39 is 0 Å². The smallest absolute Gasteiger partial charge is 0.249 e. The third kappa shape index (κ3) is 3.06. The third-order valence-corrected chi connectivity index (χ3v) is 2.80. The Morgan fingerprint density at radius 3 is 2.13 bits per heavy atom. The van der Waals surface area contributed by atoms with Gasteiger partial charge in [0, 0.05) is 31.8 Å². The van der Waals surface area contributed by atoms with E-state index in [4.69, 9.17) is 0 Å². The molecule has 3 heteroatoms. The lowest BCUT2D eigenvalue weighted by molar-refractivity contribution is -0.127.